The molecule has 0 spiro atoms. The van der Waals surface area contributed by atoms with Gasteiger partial charge in [-0.25, -0.2) is 4.39 Å². The highest BCUT2D eigenvalue weighted by atomic mass is 19.1. The first kappa shape index (κ1) is 14.9. The smallest absolute Gasteiger partial charge is 0.254 e. The van der Waals surface area contributed by atoms with E-state index in [0.717, 1.165) is 0 Å². The maximum Gasteiger partial charge on any atom is 0.254 e. The summed E-state index contributed by atoms with van der Waals surface area (Å²) in [4.78, 5) is 24.8. The van der Waals surface area contributed by atoms with E-state index < -0.39 is 11.7 Å². The van der Waals surface area contributed by atoms with E-state index in [4.69, 9.17) is 5.73 Å². The highest BCUT2D eigenvalue weighted by Crippen LogP contribution is 2.16. The van der Waals surface area contributed by atoms with Gasteiger partial charge in [0, 0.05) is 19.3 Å². The largest absolute Gasteiger partial charge is 0.399 e. The van der Waals surface area contributed by atoms with E-state index in [1.807, 2.05) is 6.92 Å². The van der Waals surface area contributed by atoms with Gasteiger partial charge in [0.2, 0.25) is 5.91 Å². The summed E-state index contributed by atoms with van der Waals surface area (Å²) in [7, 11) is 1.62. The predicted molar refractivity (Wildman–Crippen MR) is 71.2 cm³/mol. The van der Waals surface area contributed by atoms with Gasteiger partial charge in [0.25, 0.3) is 5.91 Å². The number of nitrogens with one attached hydrogen (secondary N) is 1. The molecule has 5 nitrogen and oxygen atoms in total. The molecule has 0 saturated heterocycles. The number of carbonyl (C=O) groups is 2. The number of likely N-dealkylation sites (N-methyl/N-ethyl adjacent to an activating group) is 1. The topological polar surface area (TPSA) is 75.4 Å². The van der Waals surface area contributed by atoms with Gasteiger partial charge in [-0.2, -0.15) is 0 Å². The molecule has 6 heteroatoms. The fourth-order valence-electron chi connectivity index (χ4n) is 1.53. The second kappa shape index (κ2) is 6.17. The van der Waals surface area contributed by atoms with Crippen molar-refractivity contribution >= 4 is 17.5 Å². The lowest BCUT2D eigenvalue weighted by molar-refractivity contribution is -0.128. The summed E-state index contributed by atoms with van der Waals surface area (Å²) in [5, 5.41) is 2.38. The second-order valence-corrected chi connectivity index (χ2v) is 4.29. The monoisotopic (exact) mass is 267 g/mol. The van der Waals surface area contributed by atoms with Crippen LogP contribution in [0.25, 0.3) is 0 Å². The fourth-order valence-corrected chi connectivity index (χ4v) is 1.53. The van der Waals surface area contributed by atoms with Gasteiger partial charge in [0.05, 0.1) is 12.1 Å². The minimum Gasteiger partial charge on any atom is -0.399 e. The van der Waals surface area contributed by atoms with Crippen molar-refractivity contribution in [1.29, 1.82) is 0 Å². The molecule has 0 atom stereocenters. The van der Waals surface area contributed by atoms with Gasteiger partial charge in [-0.3, -0.25) is 9.59 Å². The first-order chi connectivity index (χ1) is 8.86. The quantitative estimate of drug-likeness (QED) is 0.797. The van der Waals surface area contributed by atoms with E-state index in [9.17, 15) is 14.0 Å². The van der Waals surface area contributed by atoms with E-state index >= 15 is 0 Å². The second-order valence-electron chi connectivity index (χ2n) is 4.29. The number of nitrogens with zero attached hydrogens (tertiary/aromatic N) is 1. The Morgan fingerprint density at radius 1 is 1.42 bits per heavy atom. The predicted octanol–water partition coefficient (Wildman–Crippen LogP) is 0.924. The molecule has 1 aromatic carbocycles. The summed E-state index contributed by atoms with van der Waals surface area (Å²) in [6.45, 7) is 3.72. The van der Waals surface area contributed by atoms with Crippen LogP contribution in [0.4, 0.5) is 10.1 Å². The lowest BCUT2D eigenvalue weighted by atomic mass is 10.1. The average molecular weight is 267 g/mol. The first-order valence-corrected chi connectivity index (χ1v) is 5.94. The van der Waals surface area contributed by atoms with Crippen LogP contribution in [0.15, 0.2) is 12.1 Å². The Morgan fingerprint density at radius 3 is 2.63 bits per heavy atom. The number of nitrogens with two attached hydrogens (primary N) is 1. The maximum atomic E-state index is 13.8. The van der Waals surface area contributed by atoms with Crippen molar-refractivity contribution in [2.24, 2.45) is 0 Å². The van der Waals surface area contributed by atoms with Gasteiger partial charge in [0.1, 0.15) is 5.82 Å². The van der Waals surface area contributed by atoms with Gasteiger partial charge in [-0.05, 0) is 31.5 Å². The van der Waals surface area contributed by atoms with Crippen LogP contribution in [0.3, 0.4) is 0 Å². The summed E-state index contributed by atoms with van der Waals surface area (Å²) < 4.78 is 13.8. The Bertz CT molecular complexity index is 503. The number of hydrogen-bond donors (Lipinski definition) is 2. The number of nitrogen functional groups attached to an aromatic ring is 1. The number of anilines is 1. The third kappa shape index (κ3) is 3.67. The average Bonchev–Trinajstić information content (AvgIpc) is 2.38. The SMILES string of the molecule is CCN(C)C(=O)CNC(=O)c1cc(N)cc(C)c1F. The van der Waals surface area contributed by atoms with Crippen molar-refractivity contribution in [2.75, 3.05) is 25.9 Å². The molecule has 0 aromatic heterocycles. The Labute approximate surface area is 111 Å². The minimum absolute atomic E-state index is 0.149. The Balaban J connectivity index is 2.77. The Morgan fingerprint density at radius 2 is 2.05 bits per heavy atom. The summed E-state index contributed by atoms with van der Waals surface area (Å²) in [5.74, 6) is -1.51. The van der Waals surface area contributed by atoms with Crippen LogP contribution in [0.5, 0.6) is 0 Å². The van der Waals surface area contributed by atoms with Gasteiger partial charge >= 0.3 is 0 Å². The van der Waals surface area contributed by atoms with Crippen LogP contribution in [0, 0.1) is 12.7 Å². The van der Waals surface area contributed by atoms with Gasteiger partial charge in [0.15, 0.2) is 0 Å². The van der Waals surface area contributed by atoms with Crippen molar-refractivity contribution in [1.82, 2.24) is 10.2 Å². The van der Waals surface area contributed by atoms with Gasteiger partial charge < -0.3 is 16.0 Å². The lowest BCUT2D eigenvalue weighted by Gasteiger charge is -2.15. The molecule has 0 unspecified atom stereocenters. The third-order valence-corrected chi connectivity index (χ3v) is 2.82. The third-order valence-electron chi connectivity index (χ3n) is 2.82. The zero-order valence-corrected chi connectivity index (χ0v) is 11.3. The summed E-state index contributed by atoms with van der Waals surface area (Å²) in [6.07, 6.45) is 0. The van der Waals surface area contributed by atoms with Crippen LogP contribution in [-0.4, -0.2) is 36.9 Å². The molecular weight excluding hydrogens is 249 g/mol. The molecule has 0 aliphatic rings. The molecule has 0 saturated carbocycles. The summed E-state index contributed by atoms with van der Waals surface area (Å²) >= 11 is 0. The number of halogens is 1. The van der Waals surface area contributed by atoms with E-state index in [2.05, 4.69) is 5.32 Å². The van der Waals surface area contributed by atoms with Crippen molar-refractivity contribution in [3.05, 3.63) is 29.1 Å². The highest BCUT2D eigenvalue weighted by molar-refractivity contribution is 5.97. The number of carbonyl (C=O) groups excluding carboxylic acids is 2. The number of benzene rings is 1. The van der Waals surface area contributed by atoms with Gasteiger partial charge in [-0.15, -0.1) is 0 Å². The van der Waals surface area contributed by atoms with Gasteiger partial charge in [-0.1, -0.05) is 0 Å². The van der Waals surface area contributed by atoms with Crippen LogP contribution in [-0.2, 0) is 4.79 Å². The fraction of sp³-hybridized carbons (Fsp3) is 0.385. The van der Waals surface area contributed by atoms with Crippen LogP contribution in [0.1, 0.15) is 22.8 Å². The van der Waals surface area contributed by atoms with Crippen LogP contribution in [0.2, 0.25) is 0 Å². The first-order valence-electron chi connectivity index (χ1n) is 5.94. The van der Waals surface area contributed by atoms with Crippen LogP contribution >= 0.6 is 0 Å². The molecule has 0 heterocycles. The van der Waals surface area contributed by atoms with E-state index in [1.54, 1.807) is 7.05 Å². The molecule has 1 aromatic rings. The zero-order chi connectivity index (χ0) is 14.6. The highest BCUT2D eigenvalue weighted by Gasteiger charge is 2.16. The summed E-state index contributed by atoms with van der Waals surface area (Å²) in [5.41, 5.74) is 6.02. The molecule has 1 rings (SSSR count). The molecular formula is C13H18FN3O2. The van der Waals surface area contributed by atoms with Crippen molar-refractivity contribution in [3.8, 4) is 0 Å². The number of hydrogen-bond acceptors (Lipinski definition) is 3. The zero-order valence-electron chi connectivity index (χ0n) is 11.3. The summed E-state index contributed by atoms with van der Waals surface area (Å²) in [6, 6.07) is 2.70. The normalized spacial score (nSPS) is 10.1. The van der Waals surface area contributed by atoms with Crippen molar-refractivity contribution in [2.45, 2.75) is 13.8 Å². The van der Waals surface area contributed by atoms with Crippen molar-refractivity contribution in [3.63, 3.8) is 0 Å². The molecule has 0 bridgehead atoms. The number of rotatable bonds is 4. The molecule has 0 aliphatic heterocycles. The van der Waals surface area contributed by atoms with Crippen LogP contribution < -0.4 is 11.1 Å². The standard InChI is InChI=1S/C13H18FN3O2/c1-4-17(3)11(18)7-16-13(19)10-6-9(15)5-8(2)12(10)14/h5-6H,4,7,15H2,1-3H3,(H,16,19). The molecule has 0 radical (unpaired) electrons. The van der Waals surface area contributed by atoms with E-state index in [1.165, 1.54) is 24.0 Å². The lowest BCUT2D eigenvalue weighted by Crippen LogP contribution is -2.38. The molecule has 104 valence electrons. The van der Waals surface area contributed by atoms with Crippen molar-refractivity contribution < 1.29 is 14.0 Å². The molecule has 3 N–H and O–H groups in total. The number of amides is 2. The molecule has 2 amide bonds. The molecule has 19 heavy (non-hydrogen) atoms. The number of aryl methyl sites for hydroxylation is 1. The van der Waals surface area contributed by atoms with E-state index in [0.29, 0.717) is 17.8 Å². The minimum atomic E-state index is -0.647. The molecule has 0 fully saturated rings. The maximum absolute atomic E-state index is 13.8. The Kier molecular flexibility index (Phi) is 4.86. The molecule has 0 aliphatic carbocycles. The van der Waals surface area contributed by atoms with E-state index in [-0.39, 0.29) is 18.0 Å². The Hall–Kier alpha value is -2.11.